The molecule has 108 valence electrons. The fraction of sp³-hybridized carbons (Fsp3) is 0.400. The first-order valence-electron chi connectivity index (χ1n) is 6.68. The quantitative estimate of drug-likeness (QED) is 0.895. The van der Waals surface area contributed by atoms with Crippen molar-refractivity contribution >= 4 is 23.2 Å². The number of nitrogens with one attached hydrogen (secondary N) is 1. The Kier molecular flexibility index (Phi) is 5.08. The minimum absolute atomic E-state index is 0.627. The van der Waals surface area contributed by atoms with Gasteiger partial charge in [-0.15, -0.1) is 0 Å². The summed E-state index contributed by atoms with van der Waals surface area (Å²) in [6.07, 6.45) is 1.79. The van der Waals surface area contributed by atoms with Gasteiger partial charge in [0, 0.05) is 17.8 Å². The summed E-state index contributed by atoms with van der Waals surface area (Å²) in [6.45, 7) is 8.00. The zero-order chi connectivity index (χ0) is 14.7. The van der Waals surface area contributed by atoms with E-state index in [2.05, 4.69) is 24.3 Å². The first-order valence-corrected chi connectivity index (χ1v) is 7.44. The molecule has 1 aromatic carbocycles. The van der Waals surface area contributed by atoms with Crippen LogP contribution in [0, 0.1) is 12.8 Å². The van der Waals surface area contributed by atoms with Crippen LogP contribution in [0.4, 0.5) is 0 Å². The second kappa shape index (κ2) is 6.61. The summed E-state index contributed by atoms with van der Waals surface area (Å²) in [4.78, 5) is 0. The molecule has 1 N–H and O–H groups in total. The topological polar surface area (TPSA) is 29.9 Å². The maximum Gasteiger partial charge on any atom is 0.0819 e. The molecule has 0 unspecified atom stereocenters. The zero-order valence-corrected chi connectivity index (χ0v) is 13.5. The van der Waals surface area contributed by atoms with E-state index in [1.54, 1.807) is 10.9 Å². The van der Waals surface area contributed by atoms with Gasteiger partial charge in [0.2, 0.25) is 0 Å². The first-order chi connectivity index (χ1) is 9.47. The van der Waals surface area contributed by atoms with Gasteiger partial charge in [-0.05, 0) is 37.1 Å². The monoisotopic (exact) mass is 311 g/mol. The number of nitrogens with zero attached hydrogens (tertiary/aromatic N) is 2. The molecule has 0 saturated carbocycles. The molecule has 0 fully saturated rings. The van der Waals surface area contributed by atoms with E-state index < -0.39 is 0 Å². The third kappa shape index (κ3) is 3.75. The number of rotatable bonds is 5. The van der Waals surface area contributed by atoms with Crippen LogP contribution in [-0.2, 0) is 6.54 Å². The van der Waals surface area contributed by atoms with Crippen molar-refractivity contribution in [2.24, 2.45) is 5.92 Å². The Labute approximate surface area is 129 Å². The Hall–Kier alpha value is -1.03. The predicted octanol–water partition coefficient (Wildman–Crippen LogP) is 4.23. The van der Waals surface area contributed by atoms with Crippen LogP contribution in [0.2, 0.25) is 10.0 Å². The number of halogens is 2. The summed E-state index contributed by atoms with van der Waals surface area (Å²) in [5, 5.41) is 9.13. The van der Waals surface area contributed by atoms with Gasteiger partial charge in [0.15, 0.2) is 0 Å². The molecule has 0 spiro atoms. The average Bonchev–Trinajstić information content (AvgIpc) is 2.71. The van der Waals surface area contributed by atoms with Crippen molar-refractivity contribution in [2.75, 3.05) is 6.54 Å². The van der Waals surface area contributed by atoms with E-state index in [4.69, 9.17) is 23.2 Å². The van der Waals surface area contributed by atoms with Gasteiger partial charge in [-0.1, -0.05) is 43.1 Å². The van der Waals surface area contributed by atoms with E-state index in [0.29, 0.717) is 10.9 Å². The van der Waals surface area contributed by atoms with Gasteiger partial charge >= 0.3 is 0 Å². The highest BCUT2D eigenvalue weighted by atomic mass is 35.5. The van der Waals surface area contributed by atoms with Crippen LogP contribution >= 0.6 is 23.2 Å². The van der Waals surface area contributed by atoms with E-state index >= 15 is 0 Å². The van der Waals surface area contributed by atoms with Gasteiger partial charge in [0.25, 0.3) is 0 Å². The molecule has 0 aliphatic heterocycles. The predicted molar refractivity (Wildman–Crippen MR) is 84.9 cm³/mol. The highest BCUT2D eigenvalue weighted by Crippen LogP contribution is 2.22. The zero-order valence-electron chi connectivity index (χ0n) is 12.0. The lowest BCUT2D eigenvalue weighted by atomic mass is 10.2. The SMILES string of the molecule is Cc1nn(-c2ccc(CNCC(C)C)c(Cl)c2)cc1Cl. The molecule has 0 aliphatic rings. The summed E-state index contributed by atoms with van der Waals surface area (Å²) in [6, 6.07) is 5.94. The number of hydrogen-bond donors (Lipinski definition) is 1. The van der Waals surface area contributed by atoms with Crippen molar-refractivity contribution in [3.8, 4) is 5.69 Å². The molecule has 1 aromatic heterocycles. The Bertz CT molecular complexity index is 571. The second-order valence-corrected chi connectivity index (χ2v) is 6.12. The Balaban J connectivity index is 2.13. The molecular weight excluding hydrogens is 293 g/mol. The number of benzene rings is 1. The summed E-state index contributed by atoms with van der Waals surface area (Å²) in [5.74, 6) is 0.627. The van der Waals surface area contributed by atoms with Crippen LogP contribution in [0.25, 0.3) is 5.69 Å². The van der Waals surface area contributed by atoms with Crippen LogP contribution in [0.5, 0.6) is 0 Å². The molecule has 5 heteroatoms. The first kappa shape index (κ1) is 15.4. The Morgan fingerprint density at radius 1 is 1.25 bits per heavy atom. The van der Waals surface area contributed by atoms with Crippen LogP contribution in [0.3, 0.4) is 0 Å². The van der Waals surface area contributed by atoms with E-state index in [1.165, 1.54) is 0 Å². The number of hydrogen-bond acceptors (Lipinski definition) is 2. The molecule has 0 aliphatic carbocycles. The standard InChI is InChI=1S/C15H19Cl2N3/c1-10(2)7-18-8-12-4-5-13(6-14(12)16)20-9-15(17)11(3)19-20/h4-6,9-10,18H,7-8H2,1-3H3. The van der Waals surface area contributed by atoms with Crippen molar-refractivity contribution in [3.05, 3.63) is 45.7 Å². The van der Waals surface area contributed by atoms with Gasteiger partial charge in [0.1, 0.15) is 0 Å². The van der Waals surface area contributed by atoms with Crippen molar-refractivity contribution in [2.45, 2.75) is 27.3 Å². The van der Waals surface area contributed by atoms with Crippen LogP contribution in [-0.4, -0.2) is 16.3 Å². The van der Waals surface area contributed by atoms with Crippen molar-refractivity contribution in [1.29, 1.82) is 0 Å². The number of aryl methyl sites for hydroxylation is 1. The lowest BCUT2D eigenvalue weighted by Gasteiger charge is -2.10. The summed E-state index contributed by atoms with van der Waals surface area (Å²) in [5.41, 5.74) is 2.81. The minimum Gasteiger partial charge on any atom is -0.312 e. The molecule has 2 rings (SSSR count). The van der Waals surface area contributed by atoms with Gasteiger partial charge < -0.3 is 5.32 Å². The molecule has 1 heterocycles. The third-order valence-corrected chi connectivity index (χ3v) is 3.73. The molecule has 0 bridgehead atoms. The van der Waals surface area contributed by atoms with E-state index in [-0.39, 0.29) is 0 Å². The van der Waals surface area contributed by atoms with Gasteiger partial charge in [-0.2, -0.15) is 5.10 Å². The molecule has 0 radical (unpaired) electrons. The van der Waals surface area contributed by atoms with Gasteiger partial charge in [0.05, 0.1) is 16.4 Å². The third-order valence-electron chi connectivity index (χ3n) is 3.01. The average molecular weight is 312 g/mol. The normalized spacial score (nSPS) is 11.3. The Morgan fingerprint density at radius 2 is 2.00 bits per heavy atom. The maximum absolute atomic E-state index is 6.33. The molecule has 3 nitrogen and oxygen atoms in total. The summed E-state index contributed by atoms with van der Waals surface area (Å²) in [7, 11) is 0. The summed E-state index contributed by atoms with van der Waals surface area (Å²) < 4.78 is 1.74. The molecule has 0 atom stereocenters. The number of aromatic nitrogens is 2. The molecule has 0 amide bonds. The molecule has 0 saturated heterocycles. The molecule has 2 aromatic rings. The van der Waals surface area contributed by atoms with Crippen LogP contribution < -0.4 is 5.32 Å². The van der Waals surface area contributed by atoms with E-state index in [9.17, 15) is 0 Å². The van der Waals surface area contributed by atoms with Gasteiger partial charge in [-0.3, -0.25) is 0 Å². The highest BCUT2D eigenvalue weighted by Gasteiger charge is 2.07. The molecular formula is C15H19Cl2N3. The van der Waals surface area contributed by atoms with Crippen LogP contribution in [0.1, 0.15) is 25.1 Å². The maximum atomic E-state index is 6.33. The van der Waals surface area contributed by atoms with E-state index in [0.717, 1.165) is 35.1 Å². The van der Waals surface area contributed by atoms with Crippen LogP contribution in [0.15, 0.2) is 24.4 Å². The Morgan fingerprint density at radius 3 is 2.55 bits per heavy atom. The fourth-order valence-corrected chi connectivity index (χ4v) is 2.26. The lowest BCUT2D eigenvalue weighted by molar-refractivity contribution is 0.552. The van der Waals surface area contributed by atoms with Crippen molar-refractivity contribution in [1.82, 2.24) is 15.1 Å². The van der Waals surface area contributed by atoms with Crippen molar-refractivity contribution < 1.29 is 0 Å². The van der Waals surface area contributed by atoms with Crippen molar-refractivity contribution in [3.63, 3.8) is 0 Å². The second-order valence-electron chi connectivity index (χ2n) is 5.31. The lowest BCUT2D eigenvalue weighted by Crippen LogP contribution is -2.19. The summed E-state index contributed by atoms with van der Waals surface area (Å²) >= 11 is 12.3. The van der Waals surface area contributed by atoms with E-state index in [1.807, 2.05) is 25.1 Å². The largest absolute Gasteiger partial charge is 0.312 e. The highest BCUT2D eigenvalue weighted by molar-refractivity contribution is 6.31. The molecule has 20 heavy (non-hydrogen) atoms. The fourth-order valence-electron chi connectivity index (χ4n) is 1.89. The smallest absolute Gasteiger partial charge is 0.0819 e. The van der Waals surface area contributed by atoms with Gasteiger partial charge in [-0.25, -0.2) is 4.68 Å². The minimum atomic E-state index is 0.627.